The third-order valence-corrected chi connectivity index (χ3v) is 21.8. The van der Waals surface area contributed by atoms with E-state index in [2.05, 4.69) is 195 Å². The van der Waals surface area contributed by atoms with Crippen molar-refractivity contribution in [2.75, 3.05) is 6.51 Å². The summed E-state index contributed by atoms with van der Waals surface area (Å²) in [5, 5.41) is 58.3. The number of benzene rings is 12. The van der Waals surface area contributed by atoms with Crippen LogP contribution in [0.5, 0.6) is 0 Å². The number of halogens is 1. The molecule has 0 aliphatic carbocycles. The number of aromatic nitrogens is 1. The van der Waals surface area contributed by atoms with Crippen molar-refractivity contribution in [1.82, 2.24) is 4.98 Å². The summed E-state index contributed by atoms with van der Waals surface area (Å²) in [5.41, 5.74) is 8.00. The maximum absolute atomic E-state index is 11.4. The fraction of sp³-hybridized carbons (Fsp3) is 0.0526. The van der Waals surface area contributed by atoms with Crippen LogP contribution >= 0.6 is 53.5 Å². The second kappa shape index (κ2) is 29.9. The van der Waals surface area contributed by atoms with Gasteiger partial charge in [0.2, 0.25) is 1.43 Å². The number of thiophene rings is 3. The third kappa shape index (κ3) is 14.6. The molecule has 0 spiro atoms. The zero-order valence-electron chi connectivity index (χ0n) is 51.6. The quantitative estimate of drug-likeness (QED) is 0.0509. The molecule has 16 rings (SSSR count). The molecule has 4 N–H and O–H groups in total. The Balaban J connectivity index is 0.000000120. The number of aromatic amines is 1. The highest BCUT2D eigenvalue weighted by Crippen LogP contribution is 2.44. The number of rotatable bonds is 8. The van der Waals surface area contributed by atoms with Gasteiger partial charge in [0, 0.05) is 101 Å². The lowest BCUT2D eigenvalue weighted by atomic mass is 9.80. The van der Waals surface area contributed by atoms with Crippen molar-refractivity contribution in [3.63, 3.8) is 0 Å². The van der Waals surface area contributed by atoms with Gasteiger partial charge in [-0.05, 0) is 110 Å². The van der Waals surface area contributed by atoms with E-state index in [1.165, 1.54) is 89.7 Å². The van der Waals surface area contributed by atoms with E-state index in [4.69, 9.17) is 13.0 Å². The fourth-order valence-corrected chi connectivity index (χ4v) is 17.5. The lowest BCUT2D eigenvalue weighted by molar-refractivity contribution is -0.384. The molecule has 0 atom stereocenters. The number of aryl methyl sites for hydroxylation is 3. The van der Waals surface area contributed by atoms with Gasteiger partial charge in [-0.1, -0.05) is 229 Å². The topological polar surface area (TPSA) is 163 Å². The molecule has 10 nitrogen and oxygen atoms in total. The number of nitrogens with zero attached hydrogens (tertiary/aromatic N) is 2. The molecule has 4 aromatic heterocycles. The molecule has 0 saturated heterocycles. The zero-order valence-corrected chi connectivity index (χ0v) is 54.7. The lowest BCUT2D eigenvalue weighted by Gasteiger charge is -2.18. The second-order valence-electron chi connectivity index (χ2n) is 21.6. The van der Waals surface area contributed by atoms with Gasteiger partial charge in [0.05, 0.1) is 15.4 Å². The molecule has 0 fully saturated rings. The average Bonchev–Trinajstić information content (AvgIpc) is 1.59. The van der Waals surface area contributed by atoms with E-state index in [-0.39, 0.29) is 27.8 Å². The van der Waals surface area contributed by atoms with Gasteiger partial charge in [-0.25, -0.2) is 0 Å². The van der Waals surface area contributed by atoms with Crippen LogP contribution in [0.4, 0.5) is 11.4 Å². The number of hydrogen-bond acceptors (Lipinski definition) is 10. The van der Waals surface area contributed by atoms with Gasteiger partial charge in [0.1, 0.15) is 12.9 Å². The molecule has 0 unspecified atom stereocenters. The molecule has 0 bridgehead atoms. The maximum Gasteiger partial charge on any atom is 0.489 e. The summed E-state index contributed by atoms with van der Waals surface area (Å²) in [7, 11) is 2.77. The summed E-state index contributed by atoms with van der Waals surface area (Å²) < 4.78 is 13.0. The van der Waals surface area contributed by atoms with Gasteiger partial charge in [-0.2, -0.15) is 0 Å². The minimum Gasteiger partial charge on any atom is -0.423 e. The van der Waals surface area contributed by atoms with Crippen LogP contribution < -0.4 is 21.4 Å². The zero-order chi connectivity index (χ0) is 65.8. The molecule has 4 heterocycles. The Morgan fingerprint density at radius 2 is 0.882 bits per heavy atom. The number of H-pyrrole nitrogens is 1. The molecular weight excluding hydrogens is 1250 g/mol. The normalized spacial score (nSPS) is 11.0. The van der Waals surface area contributed by atoms with E-state index < -0.39 is 20.0 Å². The summed E-state index contributed by atoms with van der Waals surface area (Å²) in [5.74, 6) is 0. The van der Waals surface area contributed by atoms with Gasteiger partial charge in [-0.15, -0.1) is 34.0 Å². The molecule has 0 aliphatic rings. The van der Waals surface area contributed by atoms with Crippen molar-refractivity contribution in [3.8, 4) is 11.1 Å². The van der Waals surface area contributed by atoms with E-state index in [9.17, 15) is 30.3 Å². The van der Waals surface area contributed by atoms with Gasteiger partial charge in [-0.3, -0.25) is 20.2 Å². The standard InChI is InChI=1S/C19H13NO2S.C19H13NS.C18H15P.C12H9BO2S.C7H6ClNO2.CH3BO/c1-12-9-10-17(20(21)22)16(11-12)15-7-4-6-14-13-5-2-3-8-18(13)23-19(14)15;1-11-6-8-15-14(10-11)18-16(20-15)9-7-13-12-4-2-3-5-17(12)21-19(13)18;1-4-10-16(11-5-1)19(17-12-6-2-7-13-17)18-14-8-3-9-15-18;14-13(15)10-6-3-5-9-8-4-1-2-7-11(8)16-12(9)10;1-5-2-3-7(9(10)11)6(8)4-5;2-1-3/h2-11H,1H3;2-10,20H,1H3;1-15H;1-7,14-15H;2-4H,1H3;3H,1H2/i;;;;;3D. The van der Waals surface area contributed by atoms with Crippen LogP contribution in [0.3, 0.4) is 0 Å². The minimum absolute atomic E-state index is 0.0139. The summed E-state index contributed by atoms with van der Waals surface area (Å²) >= 11 is 10.8. The first-order chi connectivity index (χ1) is 45.7. The Kier molecular flexibility index (Phi) is 20.5. The van der Waals surface area contributed by atoms with Crippen molar-refractivity contribution in [1.29, 1.82) is 1.43 Å². The Bertz CT molecular complexity index is 5230. The predicted molar refractivity (Wildman–Crippen MR) is 400 cm³/mol. The van der Waals surface area contributed by atoms with Crippen molar-refractivity contribution in [3.05, 3.63) is 309 Å². The monoisotopic (exact) mass is 1310 g/mol. The predicted octanol–water partition coefficient (Wildman–Crippen LogP) is 18.8. The highest BCUT2D eigenvalue weighted by atomic mass is 35.5. The Labute approximate surface area is 558 Å². The van der Waals surface area contributed by atoms with Crippen molar-refractivity contribution in [2.24, 2.45) is 0 Å². The second-order valence-corrected chi connectivity index (χ2v) is 27.4. The van der Waals surface area contributed by atoms with Gasteiger partial charge in [0.25, 0.3) is 11.4 Å². The van der Waals surface area contributed by atoms with Crippen molar-refractivity contribution >= 4 is 184 Å². The molecule has 0 aliphatic heterocycles. The van der Waals surface area contributed by atoms with Crippen LogP contribution in [-0.4, -0.2) is 52.9 Å². The Morgan fingerprint density at radius 1 is 0.462 bits per heavy atom. The number of nitro benzene ring substituents is 2. The molecule has 93 heavy (non-hydrogen) atoms. The number of aliphatic hydroxyl groups is 1. The number of nitro groups is 2. The molecular formula is C76H59B2ClN3O7PS3. The molecule has 456 valence electrons. The summed E-state index contributed by atoms with van der Waals surface area (Å²) in [6.07, 6.45) is 0. The van der Waals surface area contributed by atoms with E-state index in [1.807, 2.05) is 85.8 Å². The number of fused-ring (bicyclic) bond motifs is 13. The average molecular weight is 1310 g/mol. The maximum atomic E-state index is 11.4. The summed E-state index contributed by atoms with van der Waals surface area (Å²) in [4.78, 5) is 24.4. The van der Waals surface area contributed by atoms with E-state index in [0.717, 1.165) is 36.9 Å². The van der Waals surface area contributed by atoms with Crippen LogP contribution in [0.1, 0.15) is 16.7 Å². The summed E-state index contributed by atoms with van der Waals surface area (Å²) in [6, 6.07) is 90.0. The van der Waals surface area contributed by atoms with Crippen molar-refractivity contribution < 1.29 is 25.0 Å². The summed E-state index contributed by atoms with van der Waals surface area (Å²) in [6.45, 7) is 5.93. The highest BCUT2D eigenvalue weighted by molar-refractivity contribution is 7.79. The molecule has 2 radical (unpaired) electrons. The van der Waals surface area contributed by atoms with Gasteiger partial charge in [0.15, 0.2) is 0 Å². The van der Waals surface area contributed by atoms with Crippen LogP contribution in [0.15, 0.2) is 267 Å². The third-order valence-electron chi connectivity index (χ3n) is 15.4. The first-order valence-corrected chi connectivity index (χ1v) is 33.8. The van der Waals surface area contributed by atoms with Crippen LogP contribution in [0.25, 0.3) is 93.4 Å². The van der Waals surface area contributed by atoms with Crippen molar-refractivity contribution in [2.45, 2.75) is 20.8 Å². The molecule has 0 saturated carbocycles. The number of aliphatic hydroxyl groups excluding tert-OH is 1. The van der Waals surface area contributed by atoms with E-state index >= 15 is 0 Å². The SMILES string of the molecule is Cc1ccc([N+](=O)[O-])c(-c2cccc3c2sc2ccccc23)c1.Cc1ccc([N+](=O)[O-])c(Cl)c1.Cc1ccc2[nH]c3ccc4c5ccccc5sc4c3c2c1.OB(O)c1cccc2c1sc1ccccc12.[2H]OC[B].c1ccc(P(c2ccccc2)c2ccccc2)cc1. The van der Waals surface area contributed by atoms with E-state index in [1.54, 1.807) is 53.0 Å². The van der Waals surface area contributed by atoms with Gasteiger partial charge < -0.3 is 20.1 Å². The molecule has 12 aromatic carbocycles. The largest absolute Gasteiger partial charge is 0.489 e. The van der Waals surface area contributed by atoms with Crippen LogP contribution in [-0.2, 0) is 0 Å². The van der Waals surface area contributed by atoms with Gasteiger partial charge >= 0.3 is 7.12 Å². The van der Waals surface area contributed by atoms with Crippen LogP contribution in [0, 0.1) is 41.0 Å². The lowest BCUT2D eigenvalue weighted by Crippen LogP contribution is -2.29. The highest BCUT2D eigenvalue weighted by Gasteiger charge is 2.21. The number of hydrogen-bond donors (Lipinski definition) is 4. The molecule has 17 heteroatoms. The van der Waals surface area contributed by atoms with Crippen LogP contribution in [0.2, 0.25) is 5.02 Å². The fourth-order valence-electron chi connectivity index (χ4n) is 11.2. The number of nitrogens with one attached hydrogen (secondary N) is 1. The van der Waals surface area contributed by atoms with E-state index in [0.29, 0.717) is 11.0 Å². The Hall–Kier alpha value is -9.37. The molecule has 0 amide bonds. The molecule has 16 aromatic rings. The minimum atomic E-state index is -1.41. The first kappa shape index (κ1) is 63.8. The smallest absolute Gasteiger partial charge is 0.423 e. The first-order valence-electron chi connectivity index (χ1n) is 30.0. The Morgan fingerprint density at radius 3 is 1.40 bits per heavy atom.